The van der Waals surface area contributed by atoms with Gasteiger partial charge in [0.25, 0.3) is 0 Å². The van der Waals surface area contributed by atoms with Gasteiger partial charge in [-0.05, 0) is 96.6 Å². The van der Waals surface area contributed by atoms with Gasteiger partial charge in [-0.1, -0.05) is 30.3 Å². The molecule has 0 radical (unpaired) electrons. The fourth-order valence-electron chi connectivity index (χ4n) is 6.60. The average molecular weight is 389 g/mol. The van der Waals surface area contributed by atoms with Gasteiger partial charge in [-0.3, -0.25) is 0 Å². The number of phenolic OH excluding ortho intramolecular Hbond substituents is 1. The smallest absolute Gasteiger partial charge is 0.330 e. The van der Waals surface area contributed by atoms with Gasteiger partial charge >= 0.3 is 5.97 Å². The fraction of sp³-hybridized carbons (Fsp3) is 0.423. The van der Waals surface area contributed by atoms with E-state index in [-0.39, 0.29) is 11.4 Å². The largest absolute Gasteiger partial charge is 0.508 e. The van der Waals surface area contributed by atoms with Gasteiger partial charge in [0.15, 0.2) is 0 Å². The lowest BCUT2D eigenvalue weighted by atomic mass is 9.48. The van der Waals surface area contributed by atoms with Gasteiger partial charge in [0.2, 0.25) is 0 Å². The molecule has 3 heteroatoms. The van der Waals surface area contributed by atoms with Crippen molar-refractivity contribution in [1.82, 2.24) is 0 Å². The van der Waals surface area contributed by atoms with E-state index in [9.17, 15) is 9.90 Å². The number of esters is 1. The molecule has 4 fully saturated rings. The van der Waals surface area contributed by atoms with E-state index in [0.717, 1.165) is 34.4 Å². The Hall–Kier alpha value is -2.55. The summed E-state index contributed by atoms with van der Waals surface area (Å²) in [5, 5.41) is 10.8. The van der Waals surface area contributed by atoms with E-state index in [1.54, 1.807) is 6.08 Å². The van der Waals surface area contributed by atoms with Gasteiger partial charge in [-0.15, -0.1) is 0 Å². The van der Waals surface area contributed by atoms with Crippen LogP contribution in [0.5, 0.6) is 5.75 Å². The molecule has 4 saturated carbocycles. The molecule has 4 bridgehead atoms. The predicted octanol–water partition coefficient (Wildman–Crippen LogP) is 5.71. The van der Waals surface area contributed by atoms with Gasteiger partial charge < -0.3 is 9.84 Å². The van der Waals surface area contributed by atoms with Crippen molar-refractivity contribution in [1.29, 1.82) is 0 Å². The summed E-state index contributed by atoms with van der Waals surface area (Å²) in [6.07, 6.45) is 11.1. The van der Waals surface area contributed by atoms with E-state index < -0.39 is 0 Å². The topological polar surface area (TPSA) is 46.5 Å². The first kappa shape index (κ1) is 18.5. The number of hydrogen-bond donors (Lipinski definition) is 1. The monoisotopic (exact) mass is 388 g/mol. The highest BCUT2D eigenvalue weighted by molar-refractivity contribution is 5.87. The maximum absolute atomic E-state index is 11.3. The van der Waals surface area contributed by atoms with Gasteiger partial charge in [-0.25, -0.2) is 4.79 Å². The summed E-state index contributed by atoms with van der Waals surface area (Å²) in [6.45, 7) is 0. The molecule has 29 heavy (non-hydrogen) atoms. The molecule has 2 aromatic rings. The molecule has 4 aliphatic carbocycles. The maximum Gasteiger partial charge on any atom is 0.330 e. The first-order valence-electron chi connectivity index (χ1n) is 10.7. The Bertz CT molecular complexity index is 919. The van der Waals surface area contributed by atoms with Crippen LogP contribution in [0.3, 0.4) is 0 Å². The van der Waals surface area contributed by atoms with Crippen LogP contribution in [-0.4, -0.2) is 18.2 Å². The number of carbonyl (C=O) groups excluding carboxylic acids is 1. The number of ether oxygens (including phenoxy) is 1. The Labute approximate surface area is 172 Å². The van der Waals surface area contributed by atoms with Gasteiger partial charge in [0, 0.05) is 11.6 Å². The number of rotatable bonds is 4. The van der Waals surface area contributed by atoms with Crippen molar-refractivity contribution in [2.24, 2.45) is 17.8 Å². The molecule has 0 aliphatic heterocycles. The van der Waals surface area contributed by atoms with Crippen LogP contribution in [0.25, 0.3) is 17.2 Å². The maximum atomic E-state index is 11.3. The van der Waals surface area contributed by atoms with Crippen LogP contribution in [0.4, 0.5) is 0 Å². The summed E-state index contributed by atoms with van der Waals surface area (Å²) in [5.41, 5.74) is 4.59. The lowest BCUT2D eigenvalue weighted by Gasteiger charge is -2.57. The standard InChI is InChI=1S/C26H28O3/c1-29-25(28)9-4-17-2-5-21(6-3-17)22-7-8-24(27)23(13-22)26-14-18-10-19(15-26)12-20(11-18)16-26/h2-9,13,18-20,27H,10-12,14-16H2,1H3/b9-4+. The minimum atomic E-state index is -0.354. The Morgan fingerprint density at radius 2 is 1.55 bits per heavy atom. The Kier molecular flexibility index (Phi) is 4.49. The molecular weight excluding hydrogens is 360 g/mol. The van der Waals surface area contributed by atoms with Crippen molar-refractivity contribution in [3.05, 3.63) is 59.7 Å². The van der Waals surface area contributed by atoms with Crippen LogP contribution in [0.1, 0.15) is 49.7 Å². The molecule has 0 heterocycles. The van der Waals surface area contributed by atoms with E-state index in [1.165, 1.54) is 57.3 Å². The van der Waals surface area contributed by atoms with Crippen LogP contribution in [0.15, 0.2) is 48.5 Å². The van der Waals surface area contributed by atoms with Crippen molar-refractivity contribution >= 4 is 12.0 Å². The van der Waals surface area contributed by atoms with Crippen molar-refractivity contribution in [3.8, 4) is 16.9 Å². The average Bonchev–Trinajstić information content (AvgIpc) is 2.71. The Morgan fingerprint density at radius 1 is 0.966 bits per heavy atom. The number of phenols is 1. The van der Waals surface area contributed by atoms with Crippen molar-refractivity contribution in [2.75, 3.05) is 7.11 Å². The summed E-state index contributed by atoms with van der Waals surface area (Å²) < 4.78 is 4.64. The third kappa shape index (κ3) is 3.37. The molecule has 0 unspecified atom stereocenters. The number of hydrogen-bond acceptors (Lipinski definition) is 3. The van der Waals surface area contributed by atoms with Crippen LogP contribution >= 0.6 is 0 Å². The Morgan fingerprint density at radius 3 is 2.14 bits per heavy atom. The first-order chi connectivity index (χ1) is 14.0. The van der Waals surface area contributed by atoms with E-state index in [4.69, 9.17) is 0 Å². The quantitative estimate of drug-likeness (QED) is 0.539. The van der Waals surface area contributed by atoms with E-state index in [2.05, 4.69) is 22.9 Å². The number of carbonyl (C=O) groups is 1. The summed E-state index contributed by atoms with van der Waals surface area (Å²) in [4.78, 5) is 11.3. The fourth-order valence-corrected chi connectivity index (χ4v) is 6.60. The molecule has 0 atom stereocenters. The zero-order chi connectivity index (χ0) is 20.0. The van der Waals surface area contributed by atoms with Crippen LogP contribution in [0, 0.1) is 17.8 Å². The lowest BCUT2D eigenvalue weighted by Crippen LogP contribution is -2.48. The van der Waals surface area contributed by atoms with E-state index in [0.29, 0.717) is 5.75 Å². The molecule has 2 aromatic carbocycles. The van der Waals surface area contributed by atoms with E-state index in [1.807, 2.05) is 24.3 Å². The molecule has 3 nitrogen and oxygen atoms in total. The van der Waals surface area contributed by atoms with Crippen molar-refractivity contribution in [2.45, 2.75) is 43.9 Å². The van der Waals surface area contributed by atoms with Crippen molar-refractivity contribution in [3.63, 3.8) is 0 Å². The molecule has 150 valence electrons. The highest BCUT2D eigenvalue weighted by Gasteiger charge is 2.52. The van der Waals surface area contributed by atoms with Crippen LogP contribution in [0.2, 0.25) is 0 Å². The number of aromatic hydroxyl groups is 1. The molecule has 0 spiro atoms. The normalized spacial score (nSPS) is 30.0. The highest BCUT2D eigenvalue weighted by atomic mass is 16.5. The zero-order valence-electron chi connectivity index (χ0n) is 16.9. The molecule has 0 amide bonds. The summed E-state index contributed by atoms with van der Waals surface area (Å²) in [7, 11) is 1.38. The summed E-state index contributed by atoms with van der Waals surface area (Å²) >= 11 is 0. The SMILES string of the molecule is COC(=O)/C=C/c1ccc(-c2ccc(O)c(C34CC5CC(CC(C5)C3)C4)c2)cc1. The second kappa shape index (κ2) is 7.05. The zero-order valence-corrected chi connectivity index (χ0v) is 16.9. The molecule has 4 aliphatic rings. The van der Waals surface area contributed by atoms with E-state index >= 15 is 0 Å². The number of benzene rings is 2. The van der Waals surface area contributed by atoms with Gasteiger partial charge in [0.1, 0.15) is 5.75 Å². The van der Waals surface area contributed by atoms with Gasteiger partial charge in [-0.2, -0.15) is 0 Å². The minimum Gasteiger partial charge on any atom is -0.508 e. The van der Waals surface area contributed by atoms with Crippen LogP contribution < -0.4 is 0 Å². The lowest BCUT2D eigenvalue weighted by molar-refractivity contribution is -0.134. The first-order valence-corrected chi connectivity index (χ1v) is 10.7. The third-order valence-corrected chi connectivity index (χ3v) is 7.46. The summed E-state index contributed by atoms with van der Waals surface area (Å²) in [6, 6.07) is 14.3. The second-order valence-corrected chi connectivity index (χ2v) is 9.41. The predicted molar refractivity (Wildman–Crippen MR) is 114 cm³/mol. The Balaban J connectivity index is 1.44. The molecule has 0 saturated heterocycles. The minimum absolute atomic E-state index is 0.179. The third-order valence-electron chi connectivity index (χ3n) is 7.46. The van der Waals surface area contributed by atoms with Crippen molar-refractivity contribution < 1.29 is 14.6 Å². The van der Waals surface area contributed by atoms with Crippen LogP contribution in [-0.2, 0) is 14.9 Å². The molecule has 1 N–H and O–H groups in total. The number of methoxy groups -OCH3 is 1. The van der Waals surface area contributed by atoms with Gasteiger partial charge in [0.05, 0.1) is 7.11 Å². The molecule has 6 rings (SSSR count). The molecule has 0 aromatic heterocycles. The highest BCUT2D eigenvalue weighted by Crippen LogP contribution is 2.62. The second-order valence-electron chi connectivity index (χ2n) is 9.41. The summed E-state index contributed by atoms with van der Waals surface area (Å²) in [5.74, 6) is 2.67. The molecular formula is C26H28O3.